The minimum atomic E-state index is -0.234. The molecule has 4 heteroatoms. The van der Waals surface area contributed by atoms with Crippen LogP contribution in [0, 0.1) is 0 Å². The van der Waals surface area contributed by atoms with Crippen LogP contribution in [-0.4, -0.2) is 18.4 Å². The predicted molar refractivity (Wildman–Crippen MR) is 97.8 cm³/mol. The molecule has 2 N–H and O–H groups in total. The molecule has 0 fully saturated rings. The third-order valence-electron chi connectivity index (χ3n) is 3.43. The number of rotatable bonds is 7. The molecule has 0 aliphatic rings. The quantitative estimate of drug-likeness (QED) is 0.600. The van der Waals surface area contributed by atoms with Gasteiger partial charge in [0.2, 0.25) is 5.91 Å². The summed E-state index contributed by atoms with van der Waals surface area (Å²) in [5.74, 6) is -0.359. The normalized spacial score (nSPS) is 10.5. The first-order valence-electron chi connectivity index (χ1n) is 8.11. The van der Waals surface area contributed by atoms with E-state index in [9.17, 15) is 9.59 Å². The van der Waals surface area contributed by atoms with Crippen LogP contribution in [0.3, 0.4) is 0 Å². The molecule has 2 aromatic carbocycles. The van der Waals surface area contributed by atoms with Crippen molar-refractivity contribution in [3.63, 3.8) is 0 Å². The summed E-state index contributed by atoms with van der Waals surface area (Å²) in [6.45, 7) is 2.73. The largest absolute Gasteiger partial charge is 0.352 e. The van der Waals surface area contributed by atoms with Crippen LogP contribution in [0.15, 0.2) is 60.7 Å². The molecule has 4 nitrogen and oxygen atoms in total. The van der Waals surface area contributed by atoms with E-state index in [1.54, 1.807) is 30.3 Å². The van der Waals surface area contributed by atoms with E-state index >= 15 is 0 Å². The molecule has 2 aromatic rings. The van der Waals surface area contributed by atoms with Crippen molar-refractivity contribution in [3.8, 4) is 0 Å². The van der Waals surface area contributed by atoms with Gasteiger partial charge in [-0.25, -0.2) is 0 Å². The Hall–Kier alpha value is -2.88. The number of amides is 2. The number of hydrogen-bond acceptors (Lipinski definition) is 2. The smallest absolute Gasteiger partial charge is 0.251 e. The van der Waals surface area contributed by atoms with E-state index in [2.05, 4.69) is 17.6 Å². The van der Waals surface area contributed by atoms with Gasteiger partial charge in [0.25, 0.3) is 5.91 Å². The van der Waals surface area contributed by atoms with Gasteiger partial charge < -0.3 is 10.6 Å². The molecule has 0 aromatic heterocycles. The fraction of sp³-hybridized carbons (Fsp3) is 0.200. The summed E-state index contributed by atoms with van der Waals surface area (Å²) in [6.07, 6.45) is 5.20. The minimum Gasteiger partial charge on any atom is -0.352 e. The summed E-state index contributed by atoms with van der Waals surface area (Å²) in [4.78, 5) is 24.0. The lowest BCUT2D eigenvalue weighted by Gasteiger charge is -2.07. The Balaban J connectivity index is 1.95. The highest BCUT2D eigenvalue weighted by Crippen LogP contribution is 2.11. The molecule has 0 saturated carbocycles. The van der Waals surface area contributed by atoms with Gasteiger partial charge in [0.1, 0.15) is 0 Å². The summed E-state index contributed by atoms with van der Waals surface area (Å²) in [7, 11) is 0. The molecule has 2 rings (SSSR count). The Morgan fingerprint density at radius 1 is 1.04 bits per heavy atom. The molecule has 24 heavy (non-hydrogen) atoms. The van der Waals surface area contributed by atoms with Crippen LogP contribution in [0.5, 0.6) is 0 Å². The number of unbranched alkanes of at least 4 members (excludes halogenated alkanes) is 1. The zero-order valence-electron chi connectivity index (χ0n) is 13.8. The number of hydrogen-bond donors (Lipinski definition) is 2. The first-order chi connectivity index (χ1) is 11.7. The van der Waals surface area contributed by atoms with Gasteiger partial charge in [-0.3, -0.25) is 9.59 Å². The molecule has 2 amide bonds. The number of anilines is 1. The fourth-order valence-corrected chi connectivity index (χ4v) is 2.14. The van der Waals surface area contributed by atoms with E-state index in [0.29, 0.717) is 17.8 Å². The maximum Gasteiger partial charge on any atom is 0.251 e. The van der Waals surface area contributed by atoms with Crippen LogP contribution < -0.4 is 10.6 Å². The third kappa shape index (κ3) is 5.72. The highest BCUT2D eigenvalue weighted by atomic mass is 16.2. The summed E-state index contributed by atoms with van der Waals surface area (Å²) >= 11 is 0. The average Bonchev–Trinajstić information content (AvgIpc) is 2.61. The molecule has 0 aliphatic heterocycles. The number of carbonyl (C=O) groups is 2. The highest BCUT2D eigenvalue weighted by molar-refractivity contribution is 6.03. The lowest BCUT2D eigenvalue weighted by Crippen LogP contribution is -2.24. The Kier molecular flexibility index (Phi) is 6.77. The second-order valence-electron chi connectivity index (χ2n) is 5.42. The van der Waals surface area contributed by atoms with E-state index in [-0.39, 0.29) is 11.8 Å². The molecular formula is C20H22N2O2. The highest BCUT2D eigenvalue weighted by Gasteiger charge is 2.06. The van der Waals surface area contributed by atoms with E-state index in [1.807, 2.05) is 30.3 Å². The second kappa shape index (κ2) is 9.30. The maximum absolute atomic E-state index is 12.0. The molecule has 0 radical (unpaired) electrons. The van der Waals surface area contributed by atoms with Gasteiger partial charge in [0.05, 0.1) is 0 Å². The summed E-state index contributed by atoms with van der Waals surface area (Å²) < 4.78 is 0. The molecule has 0 atom stereocenters. The van der Waals surface area contributed by atoms with Crippen molar-refractivity contribution in [2.24, 2.45) is 0 Å². The van der Waals surface area contributed by atoms with E-state index < -0.39 is 0 Å². The zero-order chi connectivity index (χ0) is 17.2. The van der Waals surface area contributed by atoms with Gasteiger partial charge in [0.15, 0.2) is 0 Å². The van der Waals surface area contributed by atoms with Crippen molar-refractivity contribution in [2.45, 2.75) is 19.8 Å². The van der Waals surface area contributed by atoms with Crippen LogP contribution in [-0.2, 0) is 4.79 Å². The van der Waals surface area contributed by atoms with Crippen LogP contribution >= 0.6 is 0 Å². The zero-order valence-corrected chi connectivity index (χ0v) is 13.8. The molecular weight excluding hydrogens is 300 g/mol. The van der Waals surface area contributed by atoms with Crippen molar-refractivity contribution in [1.82, 2.24) is 5.32 Å². The molecule has 0 bridgehead atoms. The van der Waals surface area contributed by atoms with Gasteiger partial charge >= 0.3 is 0 Å². The topological polar surface area (TPSA) is 58.2 Å². The Bertz CT molecular complexity index is 709. The van der Waals surface area contributed by atoms with Gasteiger partial charge in [-0.05, 0) is 36.3 Å². The van der Waals surface area contributed by atoms with Gasteiger partial charge in [0, 0.05) is 23.9 Å². The Labute approximate surface area is 142 Å². The molecule has 124 valence electrons. The number of carbonyl (C=O) groups excluding carboxylic acids is 2. The SMILES string of the molecule is CCCCNC(=O)c1cccc(NC(=O)/C=C/c2ccccc2)c1. The van der Waals surface area contributed by atoms with Crippen LogP contribution in [0.1, 0.15) is 35.7 Å². The third-order valence-corrected chi connectivity index (χ3v) is 3.43. The maximum atomic E-state index is 12.0. The van der Waals surface area contributed by atoms with Crippen LogP contribution in [0.25, 0.3) is 6.08 Å². The van der Waals surface area contributed by atoms with E-state index in [0.717, 1.165) is 18.4 Å². The lowest BCUT2D eigenvalue weighted by atomic mass is 10.1. The minimum absolute atomic E-state index is 0.126. The van der Waals surface area contributed by atoms with Gasteiger partial charge in [-0.2, -0.15) is 0 Å². The second-order valence-corrected chi connectivity index (χ2v) is 5.42. The van der Waals surface area contributed by atoms with E-state index in [1.165, 1.54) is 6.08 Å². The lowest BCUT2D eigenvalue weighted by molar-refractivity contribution is -0.111. The van der Waals surface area contributed by atoms with Crippen LogP contribution in [0.4, 0.5) is 5.69 Å². The van der Waals surface area contributed by atoms with E-state index in [4.69, 9.17) is 0 Å². The molecule has 0 heterocycles. The van der Waals surface area contributed by atoms with Gasteiger partial charge in [-0.1, -0.05) is 49.7 Å². The standard InChI is InChI=1S/C20H22N2O2/c1-2-3-14-21-20(24)17-10-7-11-18(15-17)22-19(23)13-12-16-8-5-4-6-9-16/h4-13,15H,2-3,14H2,1H3,(H,21,24)(H,22,23)/b13-12+. The van der Waals surface area contributed by atoms with Crippen molar-refractivity contribution in [3.05, 3.63) is 71.8 Å². The molecule has 0 saturated heterocycles. The summed E-state index contributed by atoms with van der Waals surface area (Å²) in [5.41, 5.74) is 2.09. The summed E-state index contributed by atoms with van der Waals surface area (Å²) in [5, 5.41) is 5.63. The average molecular weight is 322 g/mol. The van der Waals surface area contributed by atoms with Gasteiger partial charge in [-0.15, -0.1) is 0 Å². The van der Waals surface area contributed by atoms with Crippen molar-refractivity contribution >= 4 is 23.6 Å². The Morgan fingerprint density at radius 2 is 1.83 bits per heavy atom. The predicted octanol–water partition coefficient (Wildman–Crippen LogP) is 3.87. The van der Waals surface area contributed by atoms with Crippen molar-refractivity contribution in [1.29, 1.82) is 0 Å². The first-order valence-corrected chi connectivity index (χ1v) is 8.11. The summed E-state index contributed by atoms with van der Waals surface area (Å²) in [6, 6.07) is 16.5. The molecule has 0 unspecified atom stereocenters. The van der Waals surface area contributed by atoms with Crippen molar-refractivity contribution < 1.29 is 9.59 Å². The molecule has 0 spiro atoms. The fourth-order valence-electron chi connectivity index (χ4n) is 2.14. The molecule has 0 aliphatic carbocycles. The van der Waals surface area contributed by atoms with Crippen molar-refractivity contribution in [2.75, 3.05) is 11.9 Å². The van der Waals surface area contributed by atoms with Crippen LogP contribution in [0.2, 0.25) is 0 Å². The monoisotopic (exact) mass is 322 g/mol. The first kappa shape index (κ1) is 17.5. The Morgan fingerprint density at radius 3 is 2.58 bits per heavy atom. The number of benzene rings is 2. The number of nitrogens with one attached hydrogen (secondary N) is 2.